The molecule has 168 valence electrons. The highest BCUT2D eigenvalue weighted by atomic mass is 35.5. The van der Waals surface area contributed by atoms with E-state index in [1.165, 1.54) is 30.3 Å². The smallest absolute Gasteiger partial charge is 0.308 e. The van der Waals surface area contributed by atoms with Gasteiger partial charge in [0.2, 0.25) is 0 Å². The zero-order chi connectivity index (χ0) is 23.5. The lowest BCUT2D eigenvalue weighted by Crippen LogP contribution is -2.20. The maximum absolute atomic E-state index is 12.9. The van der Waals surface area contributed by atoms with E-state index in [0.29, 0.717) is 16.1 Å². The van der Waals surface area contributed by atoms with Crippen molar-refractivity contribution in [3.63, 3.8) is 0 Å². The van der Waals surface area contributed by atoms with Crippen molar-refractivity contribution in [3.8, 4) is 0 Å². The van der Waals surface area contributed by atoms with Crippen LogP contribution in [-0.2, 0) is 21.8 Å². The van der Waals surface area contributed by atoms with Gasteiger partial charge in [-0.25, -0.2) is 13.2 Å². The van der Waals surface area contributed by atoms with Gasteiger partial charge in [-0.3, -0.25) is 0 Å². The SMILES string of the molecule is Cc1ccc(NC(=O)Nc2cccc(C(F)(F)F)c2)cc1S(=O)(=O)Cc1cccc(Cl)c1. The van der Waals surface area contributed by atoms with Crippen LogP contribution in [-0.4, -0.2) is 14.4 Å². The van der Waals surface area contributed by atoms with Crippen LogP contribution >= 0.6 is 11.6 Å². The molecule has 2 N–H and O–H groups in total. The normalized spacial score (nSPS) is 11.8. The summed E-state index contributed by atoms with van der Waals surface area (Å²) in [7, 11) is -3.76. The number of nitrogens with one attached hydrogen (secondary N) is 2. The van der Waals surface area contributed by atoms with Gasteiger partial charge in [-0.2, -0.15) is 13.2 Å². The monoisotopic (exact) mass is 482 g/mol. The first-order chi connectivity index (χ1) is 14.9. The highest BCUT2D eigenvalue weighted by molar-refractivity contribution is 7.90. The molecule has 0 heterocycles. The number of aryl methyl sites for hydroxylation is 1. The summed E-state index contributed by atoms with van der Waals surface area (Å²) in [5.74, 6) is -0.283. The summed E-state index contributed by atoms with van der Waals surface area (Å²) in [4.78, 5) is 12.3. The molecule has 0 aliphatic heterocycles. The largest absolute Gasteiger partial charge is 0.416 e. The second kappa shape index (κ2) is 9.22. The van der Waals surface area contributed by atoms with Crippen LogP contribution in [0.5, 0.6) is 0 Å². The molecule has 3 rings (SSSR count). The van der Waals surface area contributed by atoms with Crippen LogP contribution in [0, 0.1) is 6.92 Å². The minimum Gasteiger partial charge on any atom is -0.308 e. The van der Waals surface area contributed by atoms with Gasteiger partial charge < -0.3 is 10.6 Å². The Balaban J connectivity index is 1.77. The number of rotatable bonds is 5. The number of alkyl halides is 3. The Morgan fingerprint density at radius 1 is 0.938 bits per heavy atom. The van der Waals surface area contributed by atoms with E-state index in [1.807, 2.05) is 0 Å². The Morgan fingerprint density at radius 3 is 2.25 bits per heavy atom. The van der Waals surface area contributed by atoms with Gasteiger partial charge in [0.15, 0.2) is 9.84 Å². The summed E-state index contributed by atoms with van der Waals surface area (Å²) in [5, 5.41) is 5.17. The van der Waals surface area contributed by atoms with E-state index >= 15 is 0 Å². The molecule has 0 unspecified atom stereocenters. The van der Waals surface area contributed by atoms with Crippen LogP contribution < -0.4 is 10.6 Å². The standard InChI is InChI=1S/C22H18ClF3N2O3S/c1-14-8-9-19(12-20(14)32(30,31)13-15-4-2-6-17(23)10-15)28-21(29)27-18-7-3-5-16(11-18)22(24,25)26/h2-12H,13H2,1H3,(H2,27,28,29). The Labute approximate surface area is 188 Å². The van der Waals surface area contributed by atoms with Gasteiger partial charge in [0.1, 0.15) is 0 Å². The fourth-order valence-corrected chi connectivity index (χ4v) is 4.86. The van der Waals surface area contributed by atoms with E-state index < -0.39 is 27.6 Å². The third-order valence-electron chi connectivity index (χ3n) is 4.47. The average molecular weight is 483 g/mol. The molecule has 32 heavy (non-hydrogen) atoms. The number of benzene rings is 3. The van der Waals surface area contributed by atoms with Crippen molar-refractivity contribution in [2.45, 2.75) is 23.7 Å². The minimum absolute atomic E-state index is 0.0225. The van der Waals surface area contributed by atoms with Crippen molar-refractivity contribution < 1.29 is 26.4 Å². The lowest BCUT2D eigenvalue weighted by Gasteiger charge is -2.13. The molecule has 0 fully saturated rings. The zero-order valence-corrected chi connectivity index (χ0v) is 18.3. The molecule has 10 heteroatoms. The van der Waals surface area contributed by atoms with Crippen molar-refractivity contribution >= 4 is 38.8 Å². The van der Waals surface area contributed by atoms with Gasteiger partial charge in [0, 0.05) is 16.4 Å². The molecule has 0 saturated heterocycles. The highest BCUT2D eigenvalue weighted by Gasteiger charge is 2.30. The van der Waals surface area contributed by atoms with Crippen molar-refractivity contribution in [1.29, 1.82) is 0 Å². The molecule has 3 aromatic carbocycles. The van der Waals surface area contributed by atoms with Crippen LogP contribution in [0.25, 0.3) is 0 Å². The molecule has 0 bridgehead atoms. The van der Waals surface area contributed by atoms with Gasteiger partial charge >= 0.3 is 12.2 Å². The Kier molecular flexibility index (Phi) is 6.80. The second-order valence-corrected chi connectivity index (χ2v) is 9.42. The number of carbonyl (C=O) groups is 1. The van der Waals surface area contributed by atoms with Crippen LogP contribution in [0.15, 0.2) is 71.6 Å². The van der Waals surface area contributed by atoms with Crippen molar-refractivity contribution in [2.24, 2.45) is 0 Å². The summed E-state index contributed by atoms with van der Waals surface area (Å²) in [6.45, 7) is 1.62. The number of anilines is 2. The topological polar surface area (TPSA) is 75.3 Å². The quantitative estimate of drug-likeness (QED) is 0.449. The highest BCUT2D eigenvalue weighted by Crippen LogP contribution is 2.31. The number of halogens is 4. The van der Waals surface area contributed by atoms with Crippen molar-refractivity contribution in [2.75, 3.05) is 10.6 Å². The van der Waals surface area contributed by atoms with Crippen LogP contribution in [0.1, 0.15) is 16.7 Å². The molecule has 0 radical (unpaired) electrons. The van der Waals surface area contributed by atoms with E-state index in [4.69, 9.17) is 11.6 Å². The summed E-state index contributed by atoms with van der Waals surface area (Å²) < 4.78 is 64.3. The summed E-state index contributed by atoms with van der Waals surface area (Å²) in [6.07, 6.45) is -4.54. The van der Waals surface area contributed by atoms with Crippen LogP contribution in [0.3, 0.4) is 0 Å². The maximum Gasteiger partial charge on any atom is 0.416 e. The fraction of sp³-hybridized carbons (Fsp3) is 0.136. The lowest BCUT2D eigenvalue weighted by atomic mass is 10.2. The van der Waals surface area contributed by atoms with Gasteiger partial charge in [0.05, 0.1) is 16.2 Å². The molecule has 0 saturated carbocycles. The predicted octanol–water partition coefficient (Wildman–Crippen LogP) is 6.29. The average Bonchev–Trinajstić information content (AvgIpc) is 2.68. The third-order valence-corrected chi connectivity index (χ3v) is 6.53. The lowest BCUT2D eigenvalue weighted by molar-refractivity contribution is -0.137. The Hall–Kier alpha value is -3.04. The van der Waals surface area contributed by atoms with Crippen LogP contribution in [0.2, 0.25) is 5.02 Å². The zero-order valence-electron chi connectivity index (χ0n) is 16.7. The number of amides is 2. The summed E-state index contributed by atoms with van der Waals surface area (Å²) >= 11 is 5.92. The van der Waals surface area contributed by atoms with Gasteiger partial charge in [-0.1, -0.05) is 35.9 Å². The molecule has 3 aromatic rings. The number of sulfone groups is 1. The summed E-state index contributed by atoms with van der Waals surface area (Å²) in [6, 6.07) is 14.2. The van der Waals surface area contributed by atoms with E-state index in [9.17, 15) is 26.4 Å². The molecular formula is C22H18ClF3N2O3S. The fourth-order valence-electron chi connectivity index (χ4n) is 3.00. The molecule has 0 aromatic heterocycles. The van der Waals surface area contributed by atoms with Gasteiger partial charge in [-0.05, 0) is 60.5 Å². The number of hydrogen-bond acceptors (Lipinski definition) is 3. The molecular weight excluding hydrogens is 465 g/mol. The molecule has 0 aliphatic rings. The van der Waals surface area contributed by atoms with Gasteiger partial charge in [0.25, 0.3) is 0 Å². The van der Waals surface area contributed by atoms with E-state index in [0.717, 1.165) is 12.1 Å². The first-order valence-corrected chi connectivity index (χ1v) is 11.3. The van der Waals surface area contributed by atoms with E-state index in [2.05, 4.69) is 10.6 Å². The molecule has 0 atom stereocenters. The Morgan fingerprint density at radius 2 is 1.59 bits per heavy atom. The molecule has 5 nitrogen and oxygen atoms in total. The second-order valence-electron chi connectivity index (χ2n) is 7.03. The van der Waals surface area contributed by atoms with E-state index in [-0.39, 0.29) is 22.0 Å². The van der Waals surface area contributed by atoms with Crippen LogP contribution in [0.4, 0.5) is 29.3 Å². The number of carbonyl (C=O) groups excluding carboxylic acids is 1. The molecule has 2 amide bonds. The Bertz CT molecular complexity index is 1260. The van der Waals surface area contributed by atoms with Crippen molar-refractivity contribution in [1.82, 2.24) is 0 Å². The van der Waals surface area contributed by atoms with Gasteiger partial charge in [-0.15, -0.1) is 0 Å². The molecule has 0 spiro atoms. The predicted molar refractivity (Wildman–Crippen MR) is 118 cm³/mol. The third kappa shape index (κ3) is 6.02. The molecule has 0 aliphatic carbocycles. The first kappa shape index (κ1) is 23.6. The summed E-state index contributed by atoms with van der Waals surface area (Å²) in [5.41, 5.74) is 0.205. The number of urea groups is 1. The number of hydrogen-bond donors (Lipinski definition) is 2. The minimum atomic E-state index is -4.54. The maximum atomic E-state index is 12.9. The first-order valence-electron chi connectivity index (χ1n) is 9.27. The van der Waals surface area contributed by atoms with E-state index in [1.54, 1.807) is 31.2 Å². The van der Waals surface area contributed by atoms with Crippen molar-refractivity contribution in [3.05, 3.63) is 88.4 Å².